The Morgan fingerprint density at radius 2 is 1.73 bits per heavy atom. The minimum absolute atomic E-state index is 0.177. The van der Waals surface area contributed by atoms with Gasteiger partial charge >= 0.3 is 6.09 Å². The van der Waals surface area contributed by atoms with Gasteiger partial charge in [0.25, 0.3) is 0 Å². The first-order valence-corrected chi connectivity index (χ1v) is 13.8. The van der Waals surface area contributed by atoms with Crippen molar-refractivity contribution in [2.75, 3.05) is 13.2 Å². The second-order valence-electron chi connectivity index (χ2n) is 10.8. The van der Waals surface area contributed by atoms with Crippen LogP contribution in [0.5, 0.6) is 0 Å². The molecule has 1 aliphatic rings. The van der Waals surface area contributed by atoms with Crippen molar-refractivity contribution in [1.82, 2.24) is 25.0 Å². The van der Waals surface area contributed by atoms with E-state index in [9.17, 15) is 9.59 Å². The number of ether oxygens (including phenoxy) is 2. The first-order valence-electron chi connectivity index (χ1n) is 13.8. The number of fused-ring (bicyclic) bond motifs is 2. The van der Waals surface area contributed by atoms with Crippen molar-refractivity contribution in [2.24, 2.45) is 5.73 Å². The highest BCUT2D eigenvalue weighted by Crippen LogP contribution is 2.22. The van der Waals surface area contributed by atoms with Crippen LogP contribution in [0.25, 0.3) is 10.8 Å². The number of aromatic nitrogens is 3. The van der Waals surface area contributed by atoms with Gasteiger partial charge in [0.05, 0.1) is 25.3 Å². The third-order valence-electron chi connectivity index (χ3n) is 7.09. The average molecular weight is 557 g/mol. The molecule has 3 N–H and O–H groups in total. The van der Waals surface area contributed by atoms with Crippen LogP contribution in [-0.4, -0.2) is 50.4 Å². The molecule has 0 saturated heterocycles. The van der Waals surface area contributed by atoms with Gasteiger partial charge in [-0.2, -0.15) is 0 Å². The van der Waals surface area contributed by atoms with Crippen LogP contribution in [0.15, 0.2) is 72.8 Å². The lowest BCUT2D eigenvalue weighted by molar-refractivity contribution is -0.126. The molecule has 0 aliphatic carbocycles. The molecule has 4 aromatic rings. The molecule has 1 aliphatic heterocycles. The van der Waals surface area contributed by atoms with Crippen molar-refractivity contribution in [1.29, 1.82) is 0 Å². The van der Waals surface area contributed by atoms with Crippen LogP contribution in [0.1, 0.15) is 49.1 Å². The first-order chi connectivity index (χ1) is 19.8. The van der Waals surface area contributed by atoms with Gasteiger partial charge in [-0.1, -0.05) is 72.8 Å². The summed E-state index contributed by atoms with van der Waals surface area (Å²) in [4.78, 5) is 27.6. The van der Waals surface area contributed by atoms with Gasteiger partial charge in [0, 0.05) is 13.1 Å². The molecule has 3 aromatic carbocycles. The number of nitrogens with zero attached hydrogens (tertiary/aromatic N) is 4. The number of nitrogens with two attached hydrogens (primary N) is 1. The minimum atomic E-state index is -1.08. The van der Waals surface area contributed by atoms with Crippen molar-refractivity contribution in [3.8, 4) is 0 Å². The number of hydrogen-bond acceptors (Lipinski definition) is 7. The fraction of sp³-hybridized carbons (Fsp3) is 0.355. The lowest BCUT2D eigenvalue weighted by Crippen LogP contribution is -2.51. The molecule has 0 bridgehead atoms. The zero-order valence-corrected chi connectivity index (χ0v) is 23.5. The van der Waals surface area contributed by atoms with E-state index in [0.717, 1.165) is 21.9 Å². The summed E-state index contributed by atoms with van der Waals surface area (Å²) in [5.41, 5.74) is 6.96. The van der Waals surface area contributed by atoms with Crippen molar-refractivity contribution in [2.45, 2.75) is 58.2 Å². The smallest absolute Gasteiger partial charge is 0.410 e. The third kappa shape index (κ3) is 6.90. The van der Waals surface area contributed by atoms with E-state index < -0.39 is 17.7 Å². The number of carbonyl (C=O) groups excluding carboxylic acids is 2. The maximum Gasteiger partial charge on any atom is 0.410 e. The van der Waals surface area contributed by atoms with Gasteiger partial charge < -0.3 is 30.0 Å². The summed E-state index contributed by atoms with van der Waals surface area (Å²) >= 11 is 0. The number of nitrogens with one attached hydrogen (secondary N) is 1. The molecule has 10 nitrogen and oxygen atoms in total. The Morgan fingerprint density at radius 3 is 2.54 bits per heavy atom. The molecule has 2 amide bonds. The highest BCUT2D eigenvalue weighted by atomic mass is 16.6. The normalized spacial score (nSPS) is 14.3. The van der Waals surface area contributed by atoms with Crippen LogP contribution < -0.4 is 11.1 Å². The van der Waals surface area contributed by atoms with E-state index in [2.05, 4.69) is 15.5 Å². The molecule has 41 heavy (non-hydrogen) atoms. The second-order valence-corrected chi connectivity index (χ2v) is 10.8. The van der Waals surface area contributed by atoms with Gasteiger partial charge in [0.2, 0.25) is 5.91 Å². The van der Waals surface area contributed by atoms with Gasteiger partial charge in [-0.25, -0.2) is 4.79 Å². The van der Waals surface area contributed by atoms with Crippen LogP contribution in [0, 0.1) is 0 Å². The van der Waals surface area contributed by atoms with Crippen LogP contribution in [0.3, 0.4) is 0 Å². The standard InChI is InChI=1S/C31H36N6O4/c1-31(2,32)29(38)33-26(21-40-19-22-10-4-3-5-11-22)28-35-34-27-18-36(16-9-17-37(27)28)30(39)41-20-24-14-8-13-23-12-6-7-15-25(23)24/h3-8,10-15,26H,9,16-21,32H2,1-2H3,(H,33,38)/t26-/m1/s1. The first kappa shape index (κ1) is 28.3. The maximum absolute atomic E-state index is 13.1. The molecule has 5 rings (SSSR count). The number of rotatable bonds is 9. The van der Waals surface area contributed by atoms with Gasteiger partial charge in [0.15, 0.2) is 11.6 Å². The summed E-state index contributed by atoms with van der Waals surface area (Å²) < 4.78 is 13.7. The van der Waals surface area contributed by atoms with E-state index in [1.807, 2.05) is 77.4 Å². The van der Waals surface area contributed by atoms with E-state index in [-0.39, 0.29) is 25.7 Å². The molecule has 0 saturated carbocycles. The molecule has 1 atom stereocenters. The Hall–Kier alpha value is -4.28. The predicted molar refractivity (Wildman–Crippen MR) is 154 cm³/mol. The van der Waals surface area contributed by atoms with Crippen LogP contribution in [-0.2, 0) is 40.6 Å². The monoisotopic (exact) mass is 556 g/mol. The lowest BCUT2D eigenvalue weighted by atomic mass is 10.1. The highest BCUT2D eigenvalue weighted by Gasteiger charge is 2.31. The van der Waals surface area contributed by atoms with Gasteiger partial charge in [-0.15, -0.1) is 10.2 Å². The largest absolute Gasteiger partial charge is 0.445 e. The van der Waals surface area contributed by atoms with Crippen LogP contribution in [0.2, 0.25) is 0 Å². The molecule has 0 fully saturated rings. The van der Waals surface area contributed by atoms with Crippen LogP contribution >= 0.6 is 0 Å². The zero-order chi connectivity index (χ0) is 28.8. The number of carbonyl (C=O) groups is 2. The van der Waals surface area contributed by atoms with E-state index in [4.69, 9.17) is 15.2 Å². The summed E-state index contributed by atoms with van der Waals surface area (Å²) in [6.45, 7) is 5.39. The van der Waals surface area contributed by atoms with Crippen molar-refractivity contribution in [3.63, 3.8) is 0 Å². The molecular weight excluding hydrogens is 520 g/mol. The average Bonchev–Trinajstić information content (AvgIpc) is 3.24. The van der Waals surface area contributed by atoms with E-state index in [1.54, 1.807) is 18.7 Å². The Labute approximate surface area is 239 Å². The Balaban J connectivity index is 1.28. The summed E-state index contributed by atoms with van der Waals surface area (Å²) in [7, 11) is 0. The minimum Gasteiger partial charge on any atom is -0.445 e. The van der Waals surface area contributed by atoms with Gasteiger partial charge in [-0.3, -0.25) is 4.79 Å². The Morgan fingerprint density at radius 1 is 0.976 bits per heavy atom. The lowest BCUT2D eigenvalue weighted by Gasteiger charge is -2.24. The fourth-order valence-corrected chi connectivity index (χ4v) is 4.84. The molecule has 214 valence electrons. The van der Waals surface area contributed by atoms with Gasteiger partial charge in [-0.05, 0) is 42.2 Å². The molecule has 0 radical (unpaired) electrons. The van der Waals surface area contributed by atoms with Crippen molar-refractivity contribution in [3.05, 3.63) is 95.6 Å². The fourth-order valence-electron chi connectivity index (χ4n) is 4.84. The molecule has 0 spiro atoms. The Kier molecular flexibility index (Phi) is 8.61. The summed E-state index contributed by atoms with van der Waals surface area (Å²) in [5, 5.41) is 14.0. The number of hydrogen-bond donors (Lipinski definition) is 2. The Bertz CT molecular complexity index is 1490. The zero-order valence-electron chi connectivity index (χ0n) is 23.5. The molecule has 2 heterocycles. The molecule has 10 heteroatoms. The SMILES string of the molecule is CC(C)(N)C(=O)N[C@H](COCc1ccccc1)c1nnc2n1CCCN(C(=O)OCc1cccc3ccccc13)C2. The summed E-state index contributed by atoms with van der Waals surface area (Å²) in [5.74, 6) is 0.862. The topological polar surface area (TPSA) is 125 Å². The van der Waals surface area contributed by atoms with E-state index >= 15 is 0 Å². The summed E-state index contributed by atoms with van der Waals surface area (Å²) in [6.07, 6.45) is 0.270. The van der Waals surface area contributed by atoms with Crippen molar-refractivity contribution < 1.29 is 19.1 Å². The third-order valence-corrected chi connectivity index (χ3v) is 7.09. The highest BCUT2D eigenvalue weighted by molar-refractivity contribution is 5.86. The number of amides is 2. The van der Waals surface area contributed by atoms with Crippen LogP contribution in [0.4, 0.5) is 4.79 Å². The van der Waals surface area contributed by atoms with E-state index in [0.29, 0.717) is 37.8 Å². The van der Waals surface area contributed by atoms with Crippen molar-refractivity contribution >= 4 is 22.8 Å². The summed E-state index contributed by atoms with van der Waals surface area (Å²) in [6, 6.07) is 23.2. The maximum atomic E-state index is 13.1. The molecular formula is C31H36N6O4. The van der Waals surface area contributed by atoms with Gasteiger partial charge in [0.1, 0.15) is 12.6 Å². The molecule has 0 unspecified atom stereocenters. The molecule has 1 aromatic heterocycles. The van der Waals surface area contributed by atoms with E-state index in [1.165, 1.54) is 0 Å². The number of benzene rings is 3. The quantitative estimate of drug-likeness (QED) is 0.318. The second kappa shape index (κ2) is 12.5. The predicted octanol–water partition coefficient (Wildman–Crippen LogP) is 4.09.